The molecule has 1 saturated carbocycles. The van der Waals surface area contributed by atoms with Gasteiger partial charge in [0.05, 0.1) is 29.6 Å². The smallest absolute Gasteiger partial charge is 0.407 e. The summed E-state index contributed by atoms with van der Waals surface area (Å²) < 4.78 is 33.4. The molecule has 5 rings (SSSR count). The molecule has 37 heavy (non-hydrogen) atoms. The second-order valence-corrected chi connectivity index (χ2v) is 11.4. The fraction of sp³-hybridized carbons (Fsp3) is 0.440. The number of piperidine rings is 1. The summed E-state index contributed by atoms with van der Waals surface area (Å²) in [6.07, 6.45) is 4.41. The molecule has 2 N–H and O–H groups in total. The minimum atomic E-state index is -3.80. The molecule has 12 heteroatoms. The minimum Gasteiger partial charge on any atom is -0.492 e. The Labute approximate surface area is 214 Å². The molecule has 0 atom stereocenters. The van der Waals surface area contributed by atoms with E-state index in [4.69, 9.17) is 9.84 Å². The molecule has 3 aromatic rings. The molecule has 1 aliphatic heterocycles. The van der Waals surface area contributed by atoms with E-state index in [1.165, 1.54) is 11.0 Å². The highest BCUT2D eigenvalue weighted by Crippen LogP contribution is 2.42. The van der Waals surface area contributed by atoms with Crippen molar-refractivity contribution in [3.05, 3.63) is 47.8 Å². The van der Waals surface area contributed by atoms with Crippen molar-refractivity contribution in [2.24, 2.45) is 5.92 Å². The van der Waals surface area contributed by atoms with Gasteiger partial charge in [-0.1, -0.05) is 24.6 Å². The Hall–Kier alpha value is -3.67. The van der Waals surface area contributed by atoms with Crippen LogP contribution in [-0.4, -0.2) is 71.1 Å². The second-order valence-electron chi connectivity index (χ2n) is 9.69. The summed E-state index contributed by atoms with van der Waals surface area (Å²) in [5.41, 5.74) is 1.94. The van der Waals surface area contributed by atoms with Crippen LogP contribution in [-0.2, 0) is 10.0 Å². The van der Waals surface area contributed by atoms with Crippen molar-refractivity contribution < 1.29 is 27.9 Å². The molecule has 0 unspecified atom stereocenters. The number of hydrogen-bond donors (Lipinski definition) is 2. The number of fused-ring (bicyclic) bond motifs is 1. The lowest BCUT2D eigenvalue weighted by Crippen LogP contribution is -2.38. The predicted molar refractivity (Wildman–Crippen MR) is 136 cm³/mol. The average Bonchev–Trinajstić information content (AvgIpc) is 3.20. The SMILES string of the molecule is CS(=O)(=O)NC(=O)c1cc(OCC2CCN(C(=O)O)CC2)c2c(C3CCC3)nn(-c3ccccc3)c2n1. The van der Waals surface area contributed by atoms with Gasteiger partial charge in [0.2, 0.25) is 10.0 Å². The van der Waals surface area contributed by atoms with Crippen LogP contribution in [0.3, 0.4) is 0 Å². The van der Waals surface area contributed by atoms with Crippen LogP contribution in [0.25, 0.3) is 16.7 Å². The third kappa shape index (κ3) is 5.38. The van der Waals surface area contributed by atoms with Gasteiger partial charge in [-0.2, -0.15) is 5.10 Å². The van der Waals surface area contributed by atoms with E-state index in [2.05, 4.69) is 4.98 Å². The molecule has 3 heterocycles. The predicted octanol–water partition coefficient (Wildman–Crippen LogP) is 3.15. The number of benzene rings is 1. The summed E-state index contributed by atoms with van der Waals surface area (Å²) in [6, 6.07) is 10.9. The third-order valence-electron chi connectivity index (χ3n) is 6.99. The lowest BCUT2D eigenvalue weighted by atomic mass is 9.82. The number of likely N-dealkylation sites (tertiary alicyclic amines) is 1. The number of ether oxygens (including phenoxy) is 1. The van der Waals surface area contributed by atoms with Crippen molar-refractivity contribution in [1.29, 1.82) is 0 Å². The topological polar surface area (TPSA) is 144 Å². The zero-order chi connectivity index (χ0) is 26.2. The van der Waals surface area contributed by atoms with Gasteiger partial charge in [-0.3, -0.25) is 4.79 Å². The minimum absolute atomic E-state index is 0.0918. The van der Waals surface area contributed by atoms with E-state index in [-0.39, 0.29) is 17.5 Å². The number of nitrogens with one attached hydrogen (secondary N) is 1. The molecule has 1 aromatic carbocycles. The van der Waals surface area contributed by atoms with Gasteiger partial charge in [-0.15, -0.1) is 0 Å². The maximum Gasteiger partial charge on any atom is 0.407 e. The molecular formula is C25H29N5O6S. The standard InChI is InChI=1S/C25H29N5O6S/c1-37(34,35)28-24(31)19-14-20(36-15-16-10-12-29(13-11-16)25(32)33)21-22(17-6-5-7-17)27-30(23(21)26-19)18-8-3-2-4-9-18/h2-4,8-9,14,16-17H,5-7,10-13,15H2,1H3,(H,28,31)(H,32,33). The van der Waals surface area contributed by atoms with Gasteiger partial charge < -0.3 is 14.7 Å². The van der Waals surface area contributed by atoms with E-state index in [1.807, 2.05) is 35.1 Å². The number of carboxylic acid groups (broad SMARTS) is 1. The zero-order valence-electron chi connectivity index (χ0n) is 20.5. The van der Waals surface area contributed by atoms with Crippen molar-refractivity contribution >= 4 is 33.1 Å². The first-order valence-electron chi connectivity index (χ1n) is 12.3. The highest BCUT2D eigenvalue weighted by atomic mass is 32.2. The zero-order valence-corrected chi connectivity index (χ0v) is 21.3. The van der Waals surface area contributed by atoms with Gasteiger partial charge in [0.1, 0.15) is 11.4 Å². The summed E-state index contributed by atoms with van der Waals surface area (Å²) >= 11 is 0. The summed E-state index contributed by atoms with van der Waals surface area (Å²) in [7, 11) is -3.80. The number of carbonyl (C=O) groups is 2. The van der Waals surface area contributed by atoms with Gasteiger partial charge in [0, 0.05) is 25.1 Å². The summed E-state index contributed by atoms with van der Waals surface area (Å²) in [5.74, 6) is -0.0436. The molecule has 2 aromatic heterocycles. The summed E-state index contributed by atoms with van der Waals surface area (Å²) in [4.78, 5) is 30.0. The molecule has 2 amide bonds. The highest BCUT2D eigenvalue weighted by molar-refractivity contribution is 7.89. The van der Waals surface area contributed by atoms with E-state index < -0.39 is 22.0 Å². The summed E-state index contributed by atoms with van der Waals surface area (Å²) in [6.45, 7) is 1.22. The van der Waals surface area contributed by atoms with E-state index in [1.54, 1.807) is 4.68 Å². The van der Waals surface area contributed by atoms with Crippen LogP contribution in [0.5, 0.6) is 5.75 Å². The number of para-hydroxylation sites is 1. The van der Waals surface area contributed by atoms with Crippen molar-refractivity contribution in [1.82, 2.24) is 24.4 Å². The van der Waals surface area contributed by atoms with Gasteiger partial charge in [-0.05, 0) is 43.7 Å². The van der Waals surface area contributed by atoms with E-state index >= 15 is 0 Å². The third-order valence-corrected chi connectivity index (χ3v) is 7.55. The average molecular weight is 528 g/mol. The van der Waals surface area contributed by atoms with Crippen LogP contribution in [0, 0.1) is 5.92 Å². The molecular weight excluding hydrogens is 498 g/mol. The van der Waals surface area contributed by atoms with Gasteiger partial charge in [0.15, 0.2) is 5.65 Å². The molecule has 0 radical (unpaired) electrons. The molecule has 0 spiro atoms. The Morgan fingerprint density at radius 1 is 1.14 bits per heavy atom. The number of sulfonamides is 1. The van der Waals surface area contributed by atoms with Crippen LogP contribution in [0.4, 0.5) is 4.79 Å². The Balaban J connectivity index is 1.56. The number of nitrogens with zero attached hydrogens (tertiary/aromatic N) is 4. The van der Waals surface area contributed by atoms with Crippen molar-refractivity contribution in [3.63, 3.8) is 0 Å². The Bertz CT molecular complexity index is 1430. The number of aromatic nitrogens is 3. The first kappa shape index (κ1) is 25.0. The lowest BCUT2D eigenvalue weighted by Gasteiger charge is -2.30. The molecule has 196 valence electrons. The maximum atomic E-state index is 12.8. The van der Waals surface area contributed by atoms with Crippen molar-refractivity contribution in [2.45, 2.75) is 38.0 Å². The normalized spacial score (nSPS) is 16.9. The quantitative estimate of drug-likeness (QED) is 0.477. The molecule has 2 aliphatic rings. The first-order valence-corrected chi connectivity index (χ1v) is 14.2. The van der Waals surface area contributed by atoms with Crippen LogP contribution >= 0.6 is 0 Å². The van der Waals surface area contributed by atoms with Gasteiger partial charge in [-0.25, -0.2) is 27.6 Å². The monoisotopic (exact) mass is 527 g/mol. The van der Waals surface area contributed by atoms with Crippen molar-refractivity contribution in [3.8, 4) is 11.4 Å². The molecule has 0 bridgehead atoms. The molecule has 1 aliphatic carbocycles. The van der Waals surface area contributed by atoms with Gasteiger partial charge >= 0.3 is 6.09 Å². The van der Waals surface area contributed by atoms with E-state index in [0.717, 1.165) is 36.9 Å². The van der Waals surface area contributed by atoms with Crippen LogP contribution < -0.4 is 9.46 Å². The van der Waals surface area contributed by atoms with Gasteiger partial charge in [0.25, 0.3) is 5.91 Å². The number of rotatable bonds is 7. The Morgan fingerprint density at radius 3 is 2.43 bits per heavy atom. The Morgan fingerprint density at radius 2 is 1.84 bits per heavy atom. The summed E-state index contributed by atoms with van der Waals surface area (Å²) in [5, 5.41) is 14.8. The highest BCUT2D eigenvalue weighted by Gasteiger charge is 2.30. The molecule has 2 fully saturated rings. The van der Waals surface area contributed by atoms with Crippen LogP contribution in [0.2, 0.25) is 0 Å². The molecule has 1 saturated heterocycles. The van der Waals surface area contributed by atoms with E-state index in [0.29, 0.717) is 49.3 Å². The van der Waals surface area contributed by atoms with Crippen molar-refractivity contribution in [2.75, 3.05) is 26.0 Å². The largest absolute Gasteiger partial charge is 0.492 e. The Kier molecular flexibility index (Phi) is 6.76. The first-order chi connectivity index (χ1) is 17.7. The lowest BCUT2D eigenvalue weighted by molar-refractivity contribution is 0.0976. The van der Waals surface area contributed by atoms with Crippen LogP contribution in [0.1, 0.15) is 54.2 Å². The molecule has 11 nitrogen and oxygen atoms in total. The number of amides is 2. The number of carbonyl (C=O) groups excluding carboxylic acids is 1. The number of pyridine rings is 1. The van der Waals surface area contributed by atoms with Crippen LogP contribution in [0.15, 0.2) is 36.4 Å². The maximum absolute atomic E-state index is 12.8. The second kappa shape index (κ2) is 10.0. The fourth-order valence-electron chi connectivity index (χ4n) is 4.77. The fourth-order valence-corrected chi connectivity index (χ4v) is 5.22. The van der Waals surface area contributed by atoms with E-state index in [9.17, 15) is 23.1 Å². The number of hydrogen-bond acceptors (Lipinski definition) is 7.